The van der Waals surface area contributed by atoms with Gasteiger partial charge >= 0.3 is 5.97 Å². The van der Waals surface area contributed by atoms with Crippen LogP contribution in [0.2, 0.25) is 0 Å². The molecular weight excluding hydrogens is 472 g/mol. The van der Waals surface area contributed by atoms with E-state index in [9.17, 15) is 9.90 Å². The molecular formula is C34H44O4. The SMILES string of the molecule is CCCCCCCCOc1ccc(-c2ccc(-c3cc(OCCCCCCC)ccc3C(=O)O)cc2)cc1. The molecule has 0 aliphatic rings. The number of benzene rings is 3. The van der Waals surface area contributed by atoms with Crippen molar-refractivity contribution in [3.63, 3.8) is 0 Å². The molecule has 0 aliphatic heterocycles. The van der Waals surface area contributed by atoms with Crippen LogP contribution in [0.25, 0.3) is 22.3 Å². The van der Waals surface area contributed by atoms with E-state index in [1.807, 2.05) is 42.5 Å². The summed E-state index contributed by atoms with van der Waals surface area (Å²) in [6.45, 7) is 5.85. The zero-order chi connectivity index (χ0) is 27.0. The lowest BCUT2D eigenvalue weighted by molar-refractivity contribution is 0.0697. The predicted molar refractivity (Wildman–Crippen MR) is 157 cm³/mol. The Bertz CT molecular complexity index is 1090. The number of unbranched alkanes of at least 4 members (excludes halogenated alkanes) is 9. The maximum atomic E-state index is 11.9. The van der Waals surface area contributed by atoms with Gasteiger partial charge in [-0.25, -0.2) is 4.79 Å². The second kappa shape index (κ2) is 16.5. The first-order chi connectivity index (χ1) is 18.6. The highest BCUT2D eigenvalue weighted by molar-refractivity contribution is 5.96. The Labute approximate surface area is 229 Å². The Morgan fingerprint density at radius 1 is 0.579 bits per heavy atom. The van der Waals surface area contributed by atoms with Crippen LogP contribution >= 0.6 is 0 Å². The molecule has 0 heterocycles. The van der Waals surface area contributed by atoms with Gasteiger partial charge in [-0.2, -0.15) is 0 Å². The van der Waals surface area contributed by atoms with Crippen molar-refractivity contribution < 1.29 is 19.4 Å². The third-order valence-electron chi connectivity index (χ3n) is 6.89. The summed E-state index contributed by atoms with van der Waals surface area (Å²) >= 11 is 0. The molecule has 0 bridgehead atoms. The van der Waals surface area contributed by atoms with Gasteiger partial charge in [0.2, 0.25) is 0 Å². The first-order valence-corrected chi connectivity index (χ1v) is 14.5. The van der Waals surface area contributed by atoms with E-state index in [0.717, 1.165) is 48.3 Å². The molecule has 204 valence electrons. The van der Waals surface area contributed by atoms with Crippen LogP contribution in [0.15, 0.2) is 66.7 Å². The van der Waals surface area contributed by atoms with Crippen LogP contribution in [0.1, 0.15) is 94.8 Å². The fraction of sp³-hybridized carbons (Fsp3) is 0.441. The minimum Gasteiger partial charge on any atom is -0.494 e. The average Bonchev–Trinajstić information content (AvgIpc) is 2.94. The molecule has 0 spiro atoms. The van der Waals surface area contributed by atoms with E-state index in [4.69, 9.17) is 9.47 Å². The van der Waals surface area contributed by atoms with Crippen LogP contribution in [0.4, 0.5) is 0 Å². The molecule has 0 aromatic heterocycles. The number of hydrogen-bond acceptors (Lipinski definition) is 3. The Kier molecular flexibility index (Phi) is 12.8. The highest BCUT2D eigenvalue weighted by atomic mass is 16.5. The summed E-state index contributed by atoms with van der Waals surface area (Å²) < 4.78 is 11.9. The van der Waals surface area contributed by atoms with Crippen molar-refractivity contribution in [2.45, 2.75) is 84.5 Å². The van der Waals surface area contributed by atoms with Crippen LogP contribution in [-0.4, -0.2) is 24.3 Å². The van der Waals surface area contributed by atoms with Crippen LogP contribution in [0.3, 0.4) is 0 Å². The maximum absolute atomic E-state index is 11.9. The minimum atomic E-state index is -0.938. The lowest BCUT2D eigenvalue weighted by atomic mass is 9.96. The van der Waals surface area contributed by atoms with Gasteiger partial charge < -0.3 is 14.6 Å². The summed E-state index contributed by atoms with van der Waals surface area (Å²) in [6.07, 6.45) is 13.4. The fourth-order valence-electron chi connectivity index (χ4n) is 4.59. The second-order valence-corrected chi connectivity index (χ2v) is 9.99. The Hall–Kier alpha value is -3.27. The molecule has 3 aromatic rings. The molecule has 38 heavy (non-hydrogen) atoms. The summed E-state index contributed by atoms with van der Waals surface area (Å²) in [5.74, 6) is 0.667. The molecule has 0 amide bonds. The smallest absolute Gasteiger partial charge is 0.336 e. The molecule has 0 fully saturated rings. The van der Waals surface area contributed by atoms with Crippen LogP contribution < -0.4 is 9.47 Å². The van der Waals surface area contributed by atoms with E-state index in [2.05, 4.69) is 26.0 Å². The molecule has 4 heteroatoms. The number of ether oxygens (including phenoxy) is 2. The van der Waals surface area contributed by atoms with E-state index in [1.54, 1.807) is 12.1 Å². The van der Waals surface area contributed by atoms with E-state index >= 15 is 0 Å². The third kappa shape index (κ3) is 9.55. The number of aromatic carboxylic acids is 1. The second-order valence-electron chi connectivity index (χ2n) is 9.99. The van der Waals surface area contributed by atoms with Gasteiger partial charge in [-0.15, -0.1) is 0 Å². The van der Waals surface area contributed by atoms with Gasteiger partial charge in [0.15, 0.2) is 0 Å². The topological polar surface area (TPSA) is 55.8 Å². The van der Waals surface area contributed by atoms with E-state index in [1.165, 1.54) is 51.4 Å². The molecule has 4 nitrogen and oxygen atoms in total. The number of carboxylic acid groups (broad SMARTS) is 1. The normalized spacial score (nSPS) is 10.9. The van der Waals surface area contributed by atoms with Crippen molar-refractivity contribution in [3.8, 4) is 33.8 Å². The Morgan fingerprint density at radius 3 is 1.58 bits per heavy atom. The van der Waals surface area contributed by atoms with Crippen LogP contribution in [0.5, 0.6) is 11.5 Å². The first-order valence-electron chi connectivity index (χ1n) is 14.5. The zero-order valence-corrected chi connectivity index (χ0v) is 23.2. The molecule has 0 unspecified atom stereocenters. The van der Waals surface area contributed by atoms with Crippen molar-refractivity contribution in [1.82, 2.24) is 0 Å². The molecule has 0 aliphatic carbocycles. The zero-order valence-electron chi connectivity index (χ0n) is 23.2. The molecule has 1 N–H and O–H groups in total. The van der Waals surface area contributed by atoms with E-state index < -0.39 is 5.97 Å². The van der Waals surface area contributed by atoms with Gasteiger partial charge in [-0.1, -0.05) is 108 Å². The summed E-state index contributed by atoms with van der Waals surface area (Å²) in [5, 5.41) is 9.75. The third-order valence-corrected chi connectivity index (χ3v) is 6.89. The Balaban J connectivity index is 1.59. The summed E-state index contributed by atoms with van der Waals surface area (Å²) in [5.41, 5.74) is 3.99. The summed E-state index contributed by atoms with van der Waals surface area (Å²) in [4.78, 5) is 11.9. The largest absolute Gasteiger partial charge is 0.494 e. The van der Waals surface area contributed by atoms with Gasteiger partial charge in [-0.05, 0) is 65.4 Å². The van der Waals surface area contributed by atoms with E-state index in [-0.39, 0.29) is 5.56 Å². The molecule has 3 aromatic carbocycles. The maximum Gasteiger partial charge on any atom is 0.336 e. The fourth-order valence-corrected chi connectivity index (χ4v) is 4.59. The van der Waals surface area contributed by atoms with Gasteiger partial charge in [0.05, 0.1) is 18.8 Å². The van der Waals surface area contributed by atoms with Gasteiger partial charge in [0, 0.05) is 0 Å². The number of rotatable bonds is 18. The lowest BCUT2D eigenvalue weighted by Gasteiger charge is -2.12. The van der Waals surface area contributed by atoms with Gasteiger partial charge in [0.25, 0.3) is 0 Å². The number of carbonyl (C=O) groups is 1. The van der Waals surface area contributed by atoms with Crippen LogP contribution in [-0.2, 0) is 0 Å². The summed E-state index contributed by atoms with van der Waals surface area (Å²) in [7, 11) is 0. The van der Waals surface area contributed by atoms with Crippen LogP contribution in [0, 0.1) is 0 Å². The quantitative estimate of drug-likeness (QED) is 0.171. The van der Waals surface area contributed by atoms with E-state index in [0.29, 0.717) is 17.9 Å². The molecule has 0 saturated carbocycles. The highest BCUT2D eigenvalue weighted by Crippen LogP contribution is 2.31. The highest BCUT2D eigenvalue weighted by Gasteiger charge is 2.13. The number of carboxylic acids is 1. The average molecular weight is 517 g/mol. The van der Waals surface area contributed by atoms with Crippen molar-refractivity contribution in [2.75, 3.05) is 13.2 Å². The standard InChI is InChI=1S/C34H44O4/c1-3-5-7-9-11-13-24-37-30-20-18-28(19-21-30)27-14-16-29(17-15-27)33-26-31(22-23-32(33)34(35)36)38-25-12-10-8-6-4-2/h14-23,26H,3-13,24-25H2,1-2H3,(H,35,36). The predicted octanol–water partition coefficient (Wildman–Crippen LogP) is 9.81. The van der Waals surface area contributed by atoms with Crippen molar-refractivity contribution in [3.05, 3.63) is 72.3 Å². The van der Waals surface area contributed by atoms with Gasteiger partial charge in [0.1, 0.15) is 11.5 Å². The number of hydrogen-bond donors (Lipinski definition) is 1. The van der Waals surface area contributed by atoms with Gasteiger partial charge in [-0.3, -0.25) is 0 Å². The van der Waals surface area contributed by atoms with Crippen molar-refractivity contribution >= 4 is 5.97 Å². The lowest BCUT2D eigenvalue weighted by Crippen LogP contribution is -2.02. The summed E-state index contributed by atoms with van der Waals surface area (Å²) in [6, 6.07) is 21.5. The molecule has 0 saturated heterocycles. The molecule has 3 rings (SSSR count). The monoisotopic (exact) mass is 516 g/mol. The molecule has 0 atom stereocenters. The minimum absolute atomic E-state index is 0.278. The van der Waals surface area contributed by atoms with Crippen molar-refractivity contribution in [2.24, 2.45) is 0 Å². The van der Waals surface area contributed by atoms with Crippen molar-refractivity contribution in [1.29, 1.82) is 0 Å². The first kappa shape index (κ1) is 29.3. The molecule has 0 radical (unpaired) electrons. The Morgan fingerprint density at radius 2 is 1.03 bits per heavy atom.